The normalized spacial score (nSPS) is 11.1. The number of phosphoric acid groups is 1. The average Bonchev–Trinajstić information content (AvgIpc) is 1.59. The van der Waals surface area contributed by atoms with E-state index in [2.05, 4.69) is 3.61 Å². The van der Waals surface area contributed by atoms with Gasteiger partial charge >= 0.3 is 51.3 Å². The van der Waals surface area contributed by atoms with Crippen LogP contribution < -0.4 is 0 Å². The minimum atomic E-state index is -4.40. The molecule has 0 heterocycles. The van der Waals surface area contributed by atoms with Crippen molar-refractivity contribution in [2.24, 2.45) is 0 Å². The van der Waals surface area contributed by atoms with Crippen LogP contribution in [-0.2, 0) is 23.5 Å². The SMILES string of the molecule is N#[C][Fe][O]P(=O)(O)O. The summed E-state index contributed by atoms with van der Waals surface area (Å²) in [6, 6.07) is 0. The number of nitriles is 1. The van der Waals surface area contributed by atoms with Gasteiger partial charge in [0.05, 0.1) is 0 Å². The van der Waals surface area contributed by atoms with Crippen LogP contribution >= 0.6 is 7.82 Å². The molecule has 0 saturated heterocycles. The second-order valence-electron chi connectivity index (χ2n) is 0.706. The predicted octanol–water partition coefficient (Wildman–Crippen LogP) is -0.426. The Morgan fingerprint density at radius 3 is 2.38 bits per heavy atom. The predicted molar refractivity (Wildman–Crippen MR) is 18.7 cm³/mol. The molecule has 7 heteroatoms. The first-order valence-electron chi connectivity index (χ1n) is 1.31. The maximum absolute atomic E-state index is 9.71. The molecule has 2 N–H and O–H groups in total. The molecule has 0 aromatic carbocycles. The van der Waals surface area contributed by atoms with Gasteiger partial charge in [0.25, 0.3) is 0 Å². The molecule has 0 aliphatic carbocycles. The molecule has 0 aliphatic rings. The summed E-state index contributed by atoms with van der Waals surface area (Å²) in [5, 5.41) is 7.71. The van der Waals surface area contributed by atoms with Gasteiger partial charge in [0.2, 0.25) is 0 Å². The summed E-state index contributed by atoms with van der Waals surface area (Å²) in [6.45, 7) is 0. The van der Waals surface area contributed by atoms with Crippen LogP contribution in [0.4, 0.5) is 0 Å². The average molecular weight is 179 g/mol. The minimum absolute atomic E-state index is 0.579. The van der Waals surface area contributed by atoms with Gasteiger partial charge in [0.1, 0.15) is 0 Å². The van der Waals surface area contributed by atoms with Crippen molar-refractivity contribution in [3.8, 4) is 4.97 Å². The topological polar surface area (TPSA) is 90.5 Å². The van der Waals surface area contributed by atoms with E-state index in [1.54, 1.807) is 0 Å². The molecular formula is CH2FeNO4P. The summed E-state index contributed by atoms with van der Waals surface area (Å²) >= 11 is -0.579. The van der Waals surface area contributed by atoms with Crippen molar-refractivity contribution in [2.75, 3.05) is 0 Å². The quantitative estimate of drug-likeness (QED) is 0.443. The number of hydrogen-bond donors (Lipinski definition) is 2. The van der Waals surface area contributed by atoms with Gasteiger partial charge in [-0.2, -0.15) is 0 Å². The van der Waals surface area contributed by atoms with Crippen molar-refractivity contribution >= 4 is 7.82 Å². The summed E-state index contributed by atoms with van der Waals surface area (Å²) in [5.74, 6) is 0. The fourth-order valence-electron chi connectivity index (χ4n) is 0.0565. The van der Waals surface area contributed by atoms with Gasteiger partial charge in [-0.05, 0) is 0 Å². The van der Waals surface area contributed by atoms with Crippen LogP contribution in [0, 0.1) is 10.2 Å². The summed E-state index contributed by atoms with van der Waals surface area (Å²) in [5.41, 5.74) is 0. The van der Waals surface area contributed by atoms with E-state index >= 15 is 0 Å². The van der Waals surface area contributed by atoms with Gasteiger partial charge in [-0.1, -0.05) is 0 Å². The van der Waals surface area contributed by atoms with Gasteiger partial charge in [-0.15, -0.1) is 0 Å². The molecule has 48 valence electrons. The third-order valence-electron chi connectivity index (χ3n) is 0.149. The van der Waals surface area contributed by atoms with E-state index in [1.807, 2.05) is 0 Å². The third-order valence-corrected chi connectivity index (χ3v) is 1.57. The summed E-state index contributed by atoms with van der Waals surface area (Å²) in [4.78, 5) is 17.2. The van der Waals surface area contributed by atoms with Crippen LogP contribution in [0.5, 0.6) is 0 Å². The van der Waals surface area contributed by atoms with E-state index in [1.165, 1.54) is 4.97 Å². The Labute approximate surface area is 52.0 Å². The third kappa shape index (κ3) is 6.12. The molecule has 0 aromatic rings. The molecule has 0 aliphatic heterocycles. The first-order valence-corrected chi connectivity index (χ1v) is 3.84. The monoisotopic (exact) mass is 179 g/mol. The molecule has 0 saturated carbocycles. The van der Waals surface area contributed by atoms with Crippen LogP contribution in [0.1, 0.15) is 0 Å². The van der Waals surface area contributed by atoms with Crippen LogP contribution in [0.15, 0.2) is 0 Å². The Morgan fingerprint density at radius 2 is 2.25 bits per heavy atom. The fraction of sp³-hybridized carbons (Fsp3) is 0. The number of nitrogens with zero attached hydrogens (tertiary/aromatic N) is 1. The van der Waals surface area contributed by atoms with E-state index in [0.29, 0.717) is 0 Å². The molecule has 0 aromatic heterocycles. The van der Waals surface area contributed by atoms with Crippen LogP contribution in [0.2, 0.25) is 0 Å². The van der Waals surface area contributed by atoms with E-state index in [0.717, 1.165) is 0 Å². The zero-order valence-electron chi connectivity index (χ0n) is 3.46. The van der Waals surface area contributed by atoms with Crippen molar-refractivity contribution in [3.63, 3.8) is 0 Å². The molecular weight excluding hydrogens is 177 g/mol. The Kier molecular flexibility index (Phi) is 3.25. The molecule has 0 fully saturated rings. The molecule has 0 unspecified atom stereocenters. The Balaban J connectivity index is 3.45. The van der Waals surface area contributed by atoms with Gasteiger partial charge < -0.3 is 0 Å². The van der Waals surface area contributed by atoms with Crippen molar-refractivity contribution in [3.05, 3.63) is 0 Å². The molecule has 0 amide bonds. The van der Waals surface area contributed by atoms with Crippen molar-refractivity contribution in [2.45, 2.75) is 0 Å². The molecule has 0 atom stereocenters. The van der Waals surface area contributed by atoms with Crippen LogP contribution in [0.3, 0.4) is 0 Å². The van der Waals surface area contributed by atoms with Gasteiger partial charge in [-0.25, -0.2) is 0 Å². The first-order chi connectivity index (χ1) is 3.56. The maximum atomic E-state index is 9.71. The van der Waals surface area contributed by atoms with Crippen molar-refractivity contribution in [1.82, 2.24) is 0 Å². The van der Waals surface area contributed by atoms with Crippen LogP contribution in [0.25, 0.3) is 0 Å². The molecule has 0 radical (unpaired) electrons. The second kappa shape index (κ2) is 3.21. The Morgan fingerprint density at radius 1 is 1.75 bits per heavy atom. The van der Waals surface area contributed by atoms with E-state index in [-0.39, 0.29) is 0 Å². The second-order valence-corrected chi connectivity index (χ2v) is 2.89. The fourth-order valence-corrected chi connectivity index (χ4v) is 0.699. The standard InChI is InChI=1S/CN.Fe.H3O4P/c1-2;;1-5(2,3)4/h;;(H3,1,2,3,4)/q;+1;/p-1. The Bertz CT molecular complexity index is 145. The van der Waals surface area contributed by atoms with Gasteiger partial charge in [0, 0.05) is 0 Å². The Hall–Kier alpha value is 0.119. The van der Waals surface area contributed by atoms with Gasteiger partial charge in [-0.3, -0.25) is 0 Å². The summed E-state index contributed by atoms with van der Waals surface area (Å²) in [6.07, 6.45) is 0. The molecule has 5 nitrogen and oxygen atoms in total. The van der Waals surface area contributed by atoms with Crippen LogP contribution in [-0.4, -0.2) is 9.79 Å². The van der Waals surface area contributed by atoms with E-state index in [4.69, 9.17) is 15.0 Å². The van der Waals surface area contributed by atoms with Crippen molar-refractivity contribution < 1.29 is 33.2 Å². The summed E-state index contributed by atoms with van der Waals surface area (Å²) < 4.78 is 13.4. The zero-order valence-corrected chi connectivity index (χ0v) is 5.46. The number of rotatable bonds is 2. The molecule has 0 bridgehead atoms. The summed E-state index contributed by atoms with van der Waals surface area (Å²) in [7, 11) is -4.40. The van der Waals surface area contributed by atoms with Crippen molar-refractivity contribution in [1.29, 1.82) is 5.26 Å². The first kappa shape index (κ1) is 8.12. The number of hydrogen-bond acceptors (Lipinski definition) is 3. The molecule has 8 heavy (non-hydrogen) atoms. The zero-order chi connectivity index (χ0) is 6.62. The molecule has 0 spiro atoms. The van der Waals surface area contributed by atoms with Gasteiger partial charge in [0.15, 0.2) is 0 Å². The van der Waals surface area contributed by atoms with E-state index < -0.39 is 23.1 Å². The van der Waals surface area contributed by atoms with E-state index in [9.17, 15) is 4.57 Å². The molecule has 0 rings (SSSR count).